The molecule has 2 rings (SSSR count). The number of rotatable bonds is 2. The van der Waals surface area contributed by atoms with Gasteiger partial charge in [0.05, 0.1) is 16.5 Å². The summed E-state index contributed by atoms with van der Waals surface area (Å²) in [6.45, 7) is 1.87. The highest BCUT2D eigenvalue weighted by Crippen LogP contribution is 2.12. The zero-order valence-electron chi connectivity index (χ0n) is 8.65. The van der Waals surface area contributed by atoms with Crippen molar-refractivity contribution < 1.29 is 9.90 Å². The van der Waals surface area contributed by atoms with E-state index >= 15 is 0 Å². The second-order valence-electron chi connectivity index (χ2n) is 3.37. The Balaban J connectivity index is 2.89. The number of carboxylic acids is 1. The van der Waals surface area contributed by atoms with Gasteiger partial charge in [-0.1, -0.05) is 13.0 Å². The molecule has 0 aliphatic heterocycles. The van der Waals surface area contributed by atoms with Gasteiger partial charge < -0.3 is 10.1 Å². The number of aromatic carboxylic acids is 1. The molecule has 0 unspecified atom stereocenters. The van der Waals surface area contributed by atoms with Gasteiger partial charge in [-0.3, -0.25) is 4.79 Å². The van der Waals surface area contributed by atoms with E-state index in [4.69, 9.17) is 5.11 Å². The lowest BCUT2D eigenvalue weighted by atomic mass is 10.1. The Morgan fingerprint density at radius 1 is 1.50 bits per heavy atom. The van der Waals surface area contributed by atoms with E-state index in [1.807, 2.05) is 6.92 Å². The number of hydrogen-bond acceptors (Lipinski definition) is 3. The second-order valence-corrected chi connectivity index (χ2v) is 3.37. The zero-order chi connectivity index (χ0) is 11.7. The molecule has 0 saturated heterocycles. The summed E-state index contributed by atoms with van der Waals surface area (Å²) >= 11 is 0. The van der Waals surface area contributed by atoms with Gasteiger partial charge in [0.25, 0.3) is 5.56 Å². The van der Waals surface area contributed by atoms with Crippen molar-refractivity contribution in [3.63, 3.8) is 0 Å². The molecule has 2 N–H and O–H groups in total. The SMILES string of the molecule is CCc1nc2cccc(C(=O)O)c2c(=O)[nH]1. The van der Waals surface area contributed by atoms with Crippen LogP contribution in [0.1, 0.15) is 23.1 Å². The minimum atomic E-state index is -1.12. The highest BCUT2D eigenvalue weighted by molar-refractivity contribution is 6.02. The Morgan fingerprint density at radius 3 is 2.88 bits per heavy atom. The maximum absolute atomic E-state index is 11.7. The fraction of sp³-hybridized carbons (Fsp3) is 0.182. The summed E-state index contributed by atoms with van der Waals surface area (Å²) in [5.74, 6) is -0.567. The molecule has 5 nitrogen and oxygen atoms in total. The van der Waals surface area contributed by atoms with E-state index in [1.54, 1.807) is 12.1 Å². The van der Waals surface area contributed by atoms with Crippen LogP contribution < -0.4 is 5.56 Å². The highest BCUT2D eigenvalue weighted by atomic mass is 16.4. The molecule has 2 aromatic rings. The monoisotopic (exact) mass is 218 g/mol. The van der Waals surface area contributed by atoms with Crippen molar-refractivity contribution in [2.45, 2.75) is 13.3 Å². The number of carbonyl (C=O) groups is 1. The van der Waals surface area contributed by atoms with Crippen LogP contribution in [-0.2, 0) is 6.42 Å². The molecule has 5 heteroatoms. The van der Waals surface area contributed by atoms with Crippen molar-refractivity contribution in [3.05, 3.63) is 39.9 Å². The number of fused-ring (bicyclic) bond motifs is 1. The topological polar surface area (TPSA) is 83.0 Å². The Kier molecular flexibility index (Phi) is 2.44. The number of hydrogen-bond donors (Lipinski definition) is 2. The van der Waals surface area contributed by atoms with Crippen LogP contribution in [0.4, 0.5) is 0 Å². The van der Waals surface area contributed by atoms with Crippen LogP contribution in [-0.4, -0.2) is 21.0 Å². The average Bonchev–Trinajstić information content (AvgIpc) is 2.27. The summed E-state index contributed by atoms with van der Waals surface area (Å²) in [7, 11) is 0. The Labute approximate surface area is 90.8 Å². The molecule has 0 amide bonds. The fourth-order valence-corrected chi connectivity index (χ4v) is 1.58. The predicted molar refractivity (Wildman–Crippen MR) is 58.7 cm³/mol. The number of benzene rings is 1. The molecule has 1 aromatic heterocycles. The van der Waals surface area contributed by atoms with Crippen LogP contribution in [0, 0.1) is 0 Å². The van der Waals surface area contributed by atoms with Crippen LogP contribution in [0.3, 0.4) is 0 Å². The zero-order valence-corrected chi connectivity index (χ0v) is 8.65. The van der Waals surface area contributed by atoms with Gasteiger partial charge in [-0.2, -0.15) is 0 Å². The minimum absolute atomic E-state index is 0.0195. The molecular formula is C11H10N2O3. The molecule has 1 heterocycles. The third-order valence-electron chi connectivity index (χ3n) is 2.35. The first-order valence-electron chi connectivity index (χ1n) is 4.88. The lowest BCUT2D eigenvalue weighted by molar-refractivity contribution is 0.0699. The molecule has 0 saturated carbocycles. The summed E-state index contributed by atoms with van der Waals surface area (Å²) < 4.78 is 0. The number of aryl methyl sites for hydroxylation is 1. The average molecular weight is 218 g/mol. The van der Waals surface area contributed by atoms with E-state index in [1.165, 1.54) is 6.07 Å². The first-order chi connectivity index (χ1) is 7.63. The van der Waals surface area contributed by atoms with Crippen LogP contribution in [0.5, 0.6) is 0 Å². The number of aromatic amines is 1. The normalized spacial score (nSPS) is 10.6. The molecule has 16 heavy (non-hydrogen) atoms. The smallest absolute Gasteiger partial charge is 0.336 e. The summed E-state index contributed by atoms with van der Waals surface area (Å²) in [5, 5.41) is 9.08. The Hall–Kier alpha value is -2.17. The van der Waals surface area contributed by atoms with Crippen LogP contribution in [0.2, 0.25) is 0 Å². The molecule has 0 aliphatic carbocycles. The summed E-state index contributed by atoms with van der Waals surface area (Å²) in [6, 6.07) is 4.61. The molecule has 82 valence electrons. The van der Waals surface area contributed by atoms with Gasteiger partial charge in [0, 0.05) is 6.42 Å². The summed E-state index contributed by atoms with van der Waals surface area (Å²) in [4.78, 5) is 29.4. The van der Waals surface area contributed by atoms with Crippen molar-refractivity contribution in [1.29, 1.82) is 0 Å². The van der Waals surface area contributed by atoms with E-state index in [9.17, 15) is 9.59 Å². The molecule has 0 spiro atoms. The van der Waals surface area contributed by atoms with E-state index in [0.717, 1.165) is 0 Å². The number of aromatic nitrogens is 2. The summed E-state index contributed by atoms with van der Waals surface area (Å²) in [5.41, 5.74) is -0.00532. The number of nitrogens with one attached hydrogen (secondary N) is 1. The van der Waals surface area contributed by atoms with Crippen LogP contribution in [0.15, 0.2) is 23.0 Å². The maximum Gasteiger partial charge on any atom is 0.336 e. The molecule has 0 atom stereocenters. The number of carboxylic acid groups (broad SMARTS) is 1. The van der Waals surface area contributed by atoms with Gasteiger partial charge in [0.15, 0.2) is 0 Å². The van der Waals surface area contributed by atoms with E-state index in [2.05, 4.69) is 9.97 Å². The van der Waals surface area contributed by atoms with Gasteiger partial charge >= 0.3 is 5.97 Å². The molecular weight excluding hydrogens is 208 g/mol. The van der Waals surface area contributed by atoms with Gasteiger partial charge in [-0.05, 0) is 12.1 Å². The van der Waals surface area contributed by atoms with Crippen molar-refractivity contribution in [2.75, 3.05) is 0 Å². The lowest BCUT2D eigenvalue weighted by Gasteiger charge is -2.02. The molecule has 0 radical (unpaired) electrons. The third kappa shape index (κ3) is 1.56. The first-order valence-corrected chi connectivity index (χ1v) is 4.88. The summed E-state index contributed by atoms with van der Waals surface area (Å²) in [6.07, 6.45) is 0.600. The maximum atomic E-state index is 11.7. The first kappa shape index (κ1) is 10.4. The van der Waals surface area contributed by atoms with Crippen molar-refractivity contribution >= 4 is 16.9 Å². The van der Waals surface area contributed by atoms with E-state index in [-0.39, 0.29) is 10.9 Å². The molecule has 0 fully saturated rings. The largest absolute Gasteiger partial charge is 0.478 e. The Bertz CT molecular complexity index is 616. The number of nitrogens with zero attached hydrogens (tertiary/aromatic N) is 1. The van der Waals surface area contributed by atoms with Crippen molar-refractivity contribution in [1.82, 2.24) is 9.97 Å². The lowest BCUT2D eigenvalue weighted by Crippen LogP contribution is -2.14. The third-order valence-corrected chi connectivity index (χ3v) is 2.35. The predicted octanol–water partition coefficient (Wildman–Crippen LogP) is 1.18. The van der Waals surface area contributed by atoms with E-state index in [0.29, 0.717) is 17.8 Å². The van der Waals surface area contributed by atoms with Crippen LogP contribution >= 0.6 is 0 Å². The molecule has 1 aromatic carbocycles. The minimum Gasteiger partial charge on any atom is -0.478 e. The van der Waals surface area contributed by atoms with Crippen molar-refractivity contribution in [2.24, 2.45) is 0 Å². The number of H-pyrrole nitrogens is 1. The highest BCUT2D eigenvalue weighted by Gasteiger charge is 2.12. The van der Waals surface area contributed by atoms with Gasteiger partial charge in [-0.25, -0.2) is 9.78 Å². The fourth-order valence-electron chi connectivity index (χ4n) is 1.58. The van der Waals surface area contributed by atoms with Gasteiger partial charge in [-0.15, -0.1) is 0 Å². The van der Waals surface area contributed by atoms with Gasteiger partial charge in [0.1, 0.15) is 5.82 Å². The van der Waals surface area contributed by atoms with Crippen LogP contribution in [0.25, 0.3) is 10.9 Å². The standard InChI is InChI=1S/C11H10N2O3/c1-2-8-12-7-5-3-4-6(11(15)16)9(7)10(14)13-8/h3-5H,2H2,1H3,(H,15,16)(H,12,13,14). The van der Waals surface area contributed by atoms with Gasteiger partial charge in [0.2, 0.25) is 0 Å². The Morgan fingerprint density at radius 2 is 2.25 bits per heavy atom. The van der Waals surface area contributed by atoms with Crippen molar-refractivity contribution in [3.8, 4) is 0 Å². The molecule has 0 bridgehead atoms. The van der Waals surface area contributed by atoms with E-state index < -0.39 is 11.5 Å². The molecule has 0 aliphatic rings. The quantitative estimate of drug-likeness (QED) is 0.792. The second kappa shape index (κ2) is 3.77.